The number of amides is 1. The molecule has 1 aromatic heterocycles. The molecule has 3 rings (SSSR count). The molecule has 7 nitrogen and oxygen atoms in total. The Morgan fingerprint density at radius 1 is 1.21 bits per heavy atom. The second kappa shape index (κ2) is 6.16. The minimum Gasteiger partial charge on any atom is -0.506 e. The summed E-state index contributed by atoms with van der Waals surface area (Å²) in [4.78, 5) is 37.0. The van der Waals surface area contributed by atoms with Crippen LogP contribution in [0.25, 0.3) is 11.0 Å². The van der Waals surface area contributed by atoms with E-state index in [0.717, 1.165) is 0 Å². The number of halogens is 1. The molecule has 1 aromatic carbocycles. The van der Waals surface area contributed by atoms with E-state index in [4.69, 9.17) is 21.1 Å². The molecule has 0 unspecified atom stereocenters. The van der Waals surface area contributed by atoms with Gasteiger partial charge in [-0.2, -0.15) is 0 Å². The fourth-order valence-electron chi connectivity index (χ4n) is 2.78. The number of benzene rings is 1. The van der Waals surface area contributed by atoms with Gasteiger partial charge in [-0.3, -0.25) is 9.59 Å². The number of likely N-dealkylation sites (tertiary alicyclic amines) is 1. The molecule has 2 aromatic rings. The molecule has 8 heteroatoms. The zero-order valence-electron chi connectivity index (χ0n) is 12.5. The minimum absolute atomic E-state index is 0.0806. The van der Waals surface area contributed by atoms with Crippen LogP contribution in [-0.2, 0) is 4.79 Å². The molecule has 0 bridgehead atoms. The SMILES string of the molecule is O=C(O)C1CCN(C(=O)c2cc3cc(Cl)c(O)cc3oc2=O)CC1. The molecule has 0 saturated carbocycles. The lowest BCUT2D eigenvalue weighted by molar-refractivity contribution is -0.143. The average Bonchev–Trinajstić information content (AvgIpc) is 2.55. The predicted octanol–water partition coefficient (Wildman–Crippen LogP) is 2.09. The van der Waals surface area contributed by atoms with E-state index < -0.39 is 23.4 Å². The van der Waals surface area contributed by atoms with Gasteiger partial charge in [0.2, 0.25) is 0 Å². The van der Waals surface area contributed by atoms with Gasteiger partial charge in [-0.25, -0.2) is 4.79 Å². The van der Waals surface area contributed by atoms with E-state index in [-0.39, 0.29) is 35.0 Å². The summed E-state index contributed by atoms with van der Waals surface area (Å²) in [6.45, 7) is 0.535. The van der Waals surface area contributed by atoms with Crippen molar-refractivity contribution in [3.8, 4) is 5.75 Å². The number of aliphatic carboxylic acids is 1. The Balaban J connectivity index is 1.90. The highest BCUT2D eigenvalue weighted by Gasteiger charge is 2.29. The maximum Gasteiger partial charge on any atom is 0.349 e. The number of rotatable bonds is 2. The van der Waals surface area contributed by atoms with Crippen LogP contribution in [0.2, 0.25) is 5.02 Å². The van der Waals surface area contributed by atoms with Crippen molar-refractivity contribution in [2.24, 2.45) is 5.92 Å². The van der Waals surface area contributed by atoms with Gasteiger partial charge in [-0.05, 0) is 25.0 Å². The standard InChI is InChI=1S/C16H14ClNO6/c17-11-6-9-5-10(16(23)24-13(9)7-12(11)19)14(20)18-3-1-8(2-4-18)15(21)22/h5-8,19H,1-4H2,(H,21,22). The van der Waals surface area contributed by atoms with E-state index in [1.54, 1.807) is 0 Å². The van der Waals surface area contributed by atoms with Gasteiger partial charge in [0.05, 0.1) is 10.9 Å². The van der Waals surface area contributed by atoms with Crippen LogP contribution in [0.1, 0.15) is 23.2 Å². The third-order valence-electron chi connectivity index (χ3n) is 4.16. The first-order valence-electron chi connectivity index (χ1n) is 7.35. The van der Waals surface area contributed by atoms with Crippen LogP contribution >= 0.6 is 11.6 Å². The molecule has 0 atom stereocenters. The molecular formula is C16H14ClNO6. The second-order valence-corrected chi connectivity index (χ2v) is 6.10. The molecule has 0 spiro atoms. The normalized spacial score (nSPS) is 15.6. The van der Waals surface area contributed by atoms with Crippen LogP contribution in [0.15, 0.2) is 27.4 Å². The summed E-state index contributed by atoms with van der Waals surface area (Å²) in [6, 6.07) is 3.99. The van der Waals surface area contributed by atoms with Crippen molar-refractivity contribution in [3.05, 3.63) is 39.2 Å². The average molecular weight is 352 g/mol. The van der Waals surface area contributed by atoms with Gasteiger partial charge in [0, 0.05) is 24.5 Å². The minimum atomic E-state index is -0.873. The Morgan fingerprint density at radius 2 is 1.88 bits per heavy atom. The summed E-state index contributed by atoms with van der Waals surface area (Å²) in [7, 11) is 0. The predicted molar refractivity (Wildman–Crippen MR) is 85.4 cm³/mol. The third-order valence-corrected chi connectivity index (χ3v) is 4.47. The number of nitrogens with zero attached hydrogens (tertiary/aromatic N) is 1. The van der Waals surface area contributed by atoms with Crippen molar-refractivity contribution >= 4 is 34.4 Å². The first kappa shape index (κ1) is 16.3. The molecule has 0 radical (unpaired) electrons. The fourth-order valence-corrected chi connectivity index (χ4v) is 2.95. The molecule has 24 heavy (non-hydrogen) atoms. The number of hydrogen-bond donors (Lipinski definition) is 2. The van der Waals surface area contributed by atoms with Crippen molar-refractivity contribution in [2.45, 2.75) is 12.8 Å². The second-order valence-electron chi connectivity index (χ2n) is 5.69. The number of hydrogen-bond acceptors (Lipinski definition) is 5. The lowest BCUT2D eigenvalue weighted by atomic mass is 9.96. The Bertz CT molecular complexity index is 882. The number of phenolic OH excluding ortho intramolecular Hbond substituents is 1. The van der Waals surface area contributed by atoms with Gasteiger partial charge in [0.25, 0.3) is 5.91 Å². The molecule has 1 aliphatic rings. The molecule has 1 aliphatic heterocycles. The number of aromatic hydroxyl groups is 1. The highest BCUT2D eigenvalue weighted by molar-refractivity contribution is 6.32. The van der Waals surface area contributed by atoms with E-state index in [0.29, 0.717) is 18.2 Å². The Hall–Kier alpha value is -2.54. The molecule has 1 amide bonds. The van der Waals surface area contributed by atoms with Crippen molar-refractivity contribution in [1.29, 1.82) is 0 Å². The number of carboxylic acids is 1. The van der Waals surface area contributed by atoms with Crippen molar-refractivity contribution in [1.82, 2.24) is 4.90 Å². The smallest absolute Gasteiger partial charge is 0.349 e. The number of carboxylic acid groups (broad SMARTS) is 1. The largest absolute Gasteiger partial charge is 0.506 e. The van der Waals surface area contributed by atoms with E-state index in [9.17, 15) is 19.5 Å². The first-order chi connectivity index (χ1) is 11.4. The van der Waals surface area contributed by atoms with Crippen LogP contribution in [0, 0.1) is 5.92 Å². The van der Waals surface area contributed by atoms with Gasteiger partial charge in [-0.15, -0.1) is 0 Å². The summed E-state index contributed by atoms with van der Waals surface area (Å²) in [5, 5.41) is 19.0. The van der Waals surface area contributed by atoms with Crippen molar-refractivity contribution in [3.63, 3.8) is 0 Å². The van der Waals surface area contributed by atoms with Crippen LogP contribution in [0.3, 0.4) is 0 Å². The van der Waals surface area contributed by atoms with Crippen LogP contribution in [0.5, 0.6) is 5.75 Å². The summed E-state index contributed by atoms with van der Waals surface area (Å²) in [6.07, 6.45) is 0.694. The van der Waals surface area contributed by atoms with Crippen LogP contribution in [-0.4, -0.2) is 40.1 Å². The summed E-state index contributed by atoms with van der Waals surface area (Å²) in [5.74, 6) is -2.06. The van der Waals surface area contributed by atoms with Gasteiger partial charge in [0.1, 0.15) is 16.9 Å². The summed E-state index contributed by atoms with van der Waals surface area (Å²) in [5.41, 5.74) is -0.823. The topological polar surface area (TPSA) is 108 Å². The number of carbonyl (C=O) groups is 2. The maximum absolute atomic E-state index is 12.5. The Labute approximate surface area is 141 Å². The van der Waals surface area contributed by atoms with E-state index in [2.05, 4.69) is 0 Å². The highest BCUT2D eigenvalue weighted by atomic mass is 35.5. The van der Waals surface area contributed by atoms with E-state index in [1.165, 1.54) is 23.1 Å². The highest BCUT2D eigenvalue weighted by Crippen LogP contribution is 2.29. The number of phenols is 1. The zero-order valence-corrected chi connectivity index (χ0v) is 13.2. The van der Waals surface area contributed by atoms with Crippen LogP contribution in [0.4, 0.5) is 0 Å². The monoisotopic (exact) mass is 351 g/mol. The third kappa shape index (κ3) is 2.94. The molecule has 2 heterocycles. The van der Waals surface area contributed by atoms with Gasteiger partial charge >= 0.3 is 11.6 Å². The lowest BCUT2D eigenvalue weighted by Gasteiger charge is -2.29. The maximum atomic E-state index is 12.5. The molecule has 2 N–H and O–H groups in total. The van der Waals surface area contributed by atoms with Gasteiger partial charge < -0.3 is 19.5 Å². The molecule has 1 saturated heterocycles. The first-order valence-corrected chi connectivity index (χ1v) is 7.73. The molecular weight excluding hydrogens is 338 g/mol. The Morgan fingerprint density at radius 3 is 2.50 bits per heavy atom. The molecule has 1 fully saturated rings. The summed E-state index contributed by atoms with van der Waals surface area (Å²) < 4.78 is 5.08. The Kier molecular flexibility index (Phi) is 4.19. The number of piperidine rings is 1. The number of carbonyl (C=O) groups excluding carboxylic acids is 1. The fraction of sp³-hybridized carbons (Fsp3) is 0.312. The lowest BCUT2D eigenvalue weighted by Crippen LogP contribution is -2.41. The molecule has 126 valence electrons. The quantitative estimate of drug-likeness (QED) is 0.802. The molecule has 0 aliphatic carbocycles. The van der Waals surface area contributed by atoms with Gasteiger partial charge in [-0.1, -0.05) is 11.6 Å². The number of fused-ring (bicyclic) bond motifs is 1. The zero-order chi connectivity index (χ0) is 17.4. The van der Waals surface area contributed by atoms with Crippen LogP contribution < -0.4 is 5.63 Å². The van der Waals surface area contributed by atoms with Crippen molar-refractivity contribution in [2.75, 3.05) is 13.1 Å². The van der Waals surface area contributed by atoms with Gasteiger partial charge in [0.15, 0.2) is 0 Å². The van der Waals surface area contributed by atoms with E-state index in [1.807, 2.05) is 0 Å². The van der Waals surface area contributed by atoms with Crippen molar-refractivity contribution < 1.29 is 24.2 Å². The van der Waals surface area contributed by atoms with E-state index >= 15 is 0 Å². The summed E-state index contributed by atoms with van der Waals surface area (Å²) >= 11 is 5.83.